The van der Waals surface area contributed by atoms with Gasteiger partial charge in [0.05, 0.1) is 0 Å². The molecule has 1 aromatic carbocycles. The molecule has 0 spiro atoms. The van der Waals surface area contributed by atoms with Crippen LogP contribution in [0, 0.1) is 0 Å². The molecule has 3 rings (SSSR count). The van der Waals surface area contributed by atoms with Gasteiger partial charge in [0.25, 0.3) is 5.91 Å². The average Bonchev–Trinajstić information content (AvgIpc) is 2.74. The largest absolute Gasteiger partial charge is 0.330 e. The van der Waals surface area contributed by atoms with Crippen LogP contribution in [-0.4, -0.2) is 18.5 Å². The number of carbonyl (C=O) groups excluding carboxylic acids is 2. The molecule has 20 heavy (non-hydrogen) atoms. The van der Waals surface area contributed by atoms with E-state index in [2.05, 4.69) is 22.8 Å². The summed E-state index contributed by atoms with van der Waals surface area (Å²) in [5, 5.41) is 5.09. The summed E-state index contributed by atoms with van der Waals surface area (Å²) in [6, 6.07) is 5.65. The second-order valence-corrected chi connectivity index (χ2v) is 5.54. The van der Waals surface area contributed by atoms with Crippen molar-refractivity contribution in [2.45, 2.75) is 37.6 Å². The van der Waals surface area contributed by atoms with E-state index in [1.807, 2.05) is 6.07 Å². The molecule has 0 bridgehead atoms. The van der Waals surface area contributed by atoms with E-state index in [-0.39, 0.29) is 5.91 Å². The third kappa shape index (κ3) is 1.98. The molecule has 0 radical (unpaired) electrons. The smallest absolute Gasteiger partial charge is 0.322 e. The number of benzene rings is 1. The molecule has 0 saturated carbocycles. The molecule has 0 aromatic heterocycles. The van der Waals surface area contributed by atoms with Crippen LogP contribution in [0.2, 0.25) is 0 Å². The molecule has 1 unspecified atom stereocenters. The Hall–Kier alpha value is -1.88. The number of imide groups is 1. The quantitative estimate of drug-likeness (QED) is 0.717. The van der Waals surface area contributed by atoms with E-state index in [0.29, 0.717) is 13.0 Å². The molecule has 1 aromatic rings. The number of hydrogen-bond donors (Lipinski definition) is 3. The van der Waals surface area contributed by atoms with Gasteiger partial charge in [0, 0.05) is 0 Å². The van der Waals surface area contributed by atoms with Gasteiger partial charge in [0.2, 0.25) is 0 Å². The Balaban J connectivity index is 2.04. The maximum Gasteiger partial charge on any atom is 0.322 e. The van der Waals surface area contributed by atoms with Crippen molar-refractivity contribution >= 4 is 11.9 Å². The minimum absolute atomic E-state index is 0.302. The molecule has 3 amide bonds. The van der Waals surface area contributed by atoms with Gasteiger partial charge in [-0.05, 0) is 55.3 Å². The van der Waals surface area contributed by atoms with Gasteiger partial charge in [0.15, 0.2) is 0 Å². The van der Waals surface area contributed by atoms with E-state index in [9.17, 15) is 9.59 Å². The Morgan fingerprint density at radius 1 is 1.15 bits per heavy atom. The number of fused-ring (bicyclic) bond motifs is 1. The van der Waals surface area contributed by atoms with Gasteiger partial charge in [-0.15, -0.1) is 0 Å². The number of nitrogens with one attached hydrogen (secondary N) is 2. The second-order valence-electron chi connectivity index (χ2n) is 5.54. The lowest BCUT2D eigenvalue weighted by Crippen LogP contribution is -2.45. The zero-order valence-corrected chi connectivity index (χ0v) is 11.4. The maximum atomic E-state index is 12.2. The van der Waals surface area contributed by atoms with E-state index in [0.717, 1.165) is 18.4 Å². The van der Waals surface area contributed by atoms with Crippen molar-refractivity contribution in [2.24, 2.45) is 5.73 Å². The number of amides is 3. The van der Waals surface area contributed by atoms with Gasteiger partial charge < -0.3 is 11.1 Å². The van der Waals surface area contributed by atoms with Crippen molar-refractivity contribution in [3.8, 4) is 0 Å². The number of carbonyl (C=O) groups is 2. The van der Waals surface area contributed by atoms with Crippen LogP contribution in [0.25, 0.3) is 0 Å². The molecular formula is C15H19N3O2. The van der Waals surface area contributed by atoms with Crippen LogP contribution in [0.3, 0.4) is 0 Å². The highest BCUT2D eigenvalue weighted by Gasteiger charge is 2.47. The van der Waals surface area contributed by atoms with Crippen molar-refractivity contribution in [3.05, 3.63) is 34.9 Å². The summed E-state index contributed by atoms with van der Waals surface area (Å²) in [6.07, 6.45) is 4.94. The van der Waals surface area contributed by atoms with E-state index < -0.39 is 11.6 Å². The number of nitrogens with two attached hydrogens (primary N) is 1. The van der Waals surface area contributed by atoms with Gasteiger partial charge in [-0.3, -0.25) is 10.1 Å². The predicted molar refractivity (Wildman–Crippen MR) is 75.1 cm³/mol. The molecule has 106 valence electrons. The summed E-state index contributed by atoms with van der Waals surface area (Å²) >= 11 is 0. The Morgan fingerprint density at radius 2 is 1.90 bits per heavy atom. The lowest BCUT2D eigenvalue weighted by Gasteiger charge is -2.28. The Morgan fingerprint density at radius 3 is 2.55 bits per heavy atom. The first-order valence-corrected chi connectivity index (χ1v) is 7.12. The molecule has 1 fully saturated rings. The Labute approximate surface area is 117 Å². The van der Waals surface area contributed by atoms with Crippen LogP contribution in [-0.2, 0) is 23.2 Å². The van der Waals surface area contributed by atoms with E-state index >= 15 is 0 Å². The standard InChI is InChI=1S/C15H19N3O2/c16-8-7-15(13(19)17-14(20)18-15)12-6-5-10-3-1-2-4-11(10)9-12/h5-6,9H,1-4,7-8,16H2,(H2,17,18,19,20). The van der Waals surface area contributed by atoms with Crippen LogP contribution in [0.1, 0.15) is 36.0 Å². The Kier molecular flexibility index (Phi) is 3.22. The SMILES string of the molecule is NCCC1(c2ccc3c(c2)CCCC3)NC(=O)NC1=O. The molecule has 4 N–H and O–H groups in total. The average molecular weight is 273 g/mol. The second kappa shape index (κ2) is 4.90. The van der Waals surface area contributed by atoms with Crippen molar-refractivity contribution < 1.29 is 9.59 Å². The van der Waals surface area contributed by atoms with Gasteiger partial charge >= 0.3 is 6.03 Å². The topological polar surface area (TPSA) is 84.2 Å². The van der Waals surface area contributed by atoms with Crippen molar-refractivity contribution in [3.63, 3.8) is 0 Å². The molecule has 5 nitrogen and oxygen atoms in total. The van der Waals surface area contributed by atoms with E-state index in [1.165, 1.54) is 24.0 Å². The van der Waals surface area contributed by atoms with E-state index in [1.54, 1.807) is 0 Å². The minimum atomic E-state index is -1.00. The fraction of sp³-hybridized carbons (Fsp3) is 0.467. The summed E-state index contributed by atoms with van der Waals surface area (Å²) in [6.45, 7) is 0.338. The molecule has 5 heteroatoms. The molecular weight excluding hydrogens is 254 g/mol. The lowest BCUT2D eigenvalue weighted by atomic mass is 9.82. The molecule has 1 saturated heterocycles. The first-order valence-electron chi connectivity index (χ1n) is 7.12. The summed E-state index contributed by atoms with van der Waals surface area (Å²) in [7, 11) is 0. The van der Waals surface area contributed by atoms with Crippen LogP contribution < -0.4 is 16.4 Å². The van der Waals surface area contributed by atoms with Crippen LogP contribution >= 0.6 is 0 Å². The highest BCUT2D eigenvalue weighted by molar-refractivity contribution is 6.07. The number of aryl methyl sites for hydroxylation is 2. The normalized spacial score (nSPS) is 25.1. The first kappa shape index (κ1) is 13.1. The monoisotopic (exact) mass is 273 g/mol. The van der Waals surface area contributed by atoms with Gasteiger partial charge in [0.1, 0.15) is 5.54 Å². The van der Waals surface area contributed by atoms with Gasteiger partial charge in [-0.2, -0.15) is 0 Å². The van der Waals surface area contributed by atoms with Crippen LogP contribution in [0.4, 0.5) is 4.79 Å². The predicted octanol–water partition coefficient (Wildman–Crippen LogP) is 0.949. The zero-order valence-electron chi connectivity index (χ0n) is 11.4. The summed E-state index contributed by atoms with van der Waals surface area (Å²) < 4.78 is 0. The Bertz CT molecular complexity index is 570. The third-order valence-corrected chi connectivity index (χ3v) is 4.30. The molecule has 1 aliphatic heterocycles. The highest BCUT2D eigenvalue weighted by Crippen LogP contribution is 2.32. The van der Waals surface area contributed by atoms with Crippen molar-refractivity contribution in [1.82, 2.24) is 10.6 Å². The first-order chi connectivity index (χ1) is 9.65. The van der Waals surface area contributed by atoms with Gasteiger partial charge in [-0.25, -0.2) is 4.79 Å². The molecule has 1 aliphatic carbocycles. The van der Waals surface area contributed by atoms with Crippen molar-refractivity contribution in [2.75, 3.05) is 6.54 Å². The van der Waals surface area contributed by atoms with Gasteiger partial charge in [-0.1, -0.05) is 18.2 Å². The summed E-state index contributed by atoms with van der Waals surface area (Å²) in [4.78, 5) is 23.7. The summed E-state index contributed by atoms with van der Waals surface area (Å²) in [5.74, 6) is -0.302. The maximum absolute atomic E-state index is 12.2. The summed E-state index contributed by atoms with van der Waals surface area (Å²) in [5.41, 5.74) is 8.13. The zero-order chi connectivity index (χ0) is 14.2. The van der Waals surface area contributed by atoms with Crippen LogP contribution in [0.15, 0.2) is 18.2 Å². The number of urea groups is 1. The number of rotatable bonds is 3. The van der Waals surface area contributed by atoms with E-state index in [4.69, 9.17) is 5.73 Å². The number of hydrogen-bond acceptors (Lipinski definition) is 3. The molecule has 2 aliphatic rings. The lowest BCUT2D eigenvalue weighted by molar-refractivity contribution is -0.124. The molecule has 1 heterocycles. The van der Waals surface area contributed by atoms with Crippen molar-refractivity contribution in [1.29, 1.82) is 0 Å². The third-order valence-electron chi connectivity index (χ3n) is 4.30. The molecule has 1 atom stereocenters. The fourth-order valence-electron chi connectivity index (χ4n) is 3.23. The minimum Gasteiger partial charge on any atom is -0.330 e. The highest BCUT2D eigenvalue weighted by atomic mass is 16.2. The fourth-order valence-corrected chi connectivity index (χ4v) is 3.23. The van der Waals surface area contributed by atoms with Crippen LogP contribution in [0.5, 0.6) is 0 Å².